The van der Waals surface area contributed by atoms with Gasteiger partial charge in [-0.2, -0.15) is 0 Å². The molecule has 1 atom stereocenters. The number of carbonyl (C=O) groups is 1. The van der Waals surface area contributed by atoms with E-state index in [2.05, 4.69) is 5.32 Å². The maximum absolute atomic E-state index is 12.1. The Bertz CT molecular complexity index is 301. The molecule has 0 aromatic carbocycles. The fourth-order valence-corrected chi connectivity index (χ4v) is 2.96. The van der Waals surface area contributed by atoms with Crippen LogP contribution in [0.15, 0.2) is 0 Å². The molecular formula is C14H26N2O2. The highest BCUT2D eigenvalue weighted by atomic mass is 16.6. The predicted molar refractivity (Wildman–Crippen MR) is 71.6 cm³/mol. The lowest BCUT2D eigenvalue weighted by atomic mass is 9.83. The van der Waals surface area contributed by atoms with Crippen LogP contribution in [0.4, 0.5) is 4.79 Å². The fraction of sp³-hybridized carbons (Fsp3) is 0.929. The maximum atomic E-state index is 12.1. The van der Waals surface area contributed by atoms with Gasteiger partial charge >= 0.3 is 6.09 Å². The first kappa shape index (κ1) is 13.7. The second-order valence-corrected chi connectivity index (χ2v) is 6.79. The minimum atomic E-state index is -0.394. The first-order valence-electron chi connectivity index (χ1n) is 7.09. The van der Waals surface area contributed by atoms with E-state index in [1.165, 1.54) is 19.3 Å². The molecule has 2 rings (SSSR count). The third kappa shape index (κ3) is 3.37. The topological polar surface area (TPSA) is 41.6 Å². The summed E-state index contributed by atoms with van der Waals surface area (Å²) in [4.78, 5) is 13.9. The average Bonchev–Trinajstić information content (AvgIpc) is 2.51. The van der Waals surface area contributed by atoms with Gasteiger partial charge in [0.2, 0.25) is 0 Å². The van der Waals surface area contributed by atoms with Gasteiger partial charge in [-0.05, 0) is 46.6 Å². The highest BCUT2D eigenvalue weighted by Gasteiger charge is 2.41. The number of carbonyl (C=O) groups excluding carboxylic acids is 1. The number of ether oxygens (including phenoxy) is 1. The molecule has 0 radical (unpaired) electrons. The summed E-state index contributed by atoms with van der Waals surface area (Å²) in [5.74, 6) is 0. The molecule has 1 N–H and O–H groups in total. The van der Waals surface area contributed by atoms with Crippen LogP contribution < -0.4 is 5.32 Å². The zero-order valence-corrected chi connectivity index (χ0v) is 11.9. The third-order valence-corrected chi connectivity index (χ3v) is 3.90. The molecule has 0 aromatic heterocycles. The van der Waals surface area contributed by atoms with Gasteiger partial charge in [0.25, 0.3) is 0 Å². The van der Waals surface area contributed by atoms with Crippen molar-refractivity contribution < 1.29 is 9.53 Å². The average molecular weight is 254 g/mol. The number of hydrogen-bond donors (Lipinski definition) is 1. The summed E-state index contributed by atoms with van der Waals surface area (Å²) in [5.41, 5.74) is -0.0953. The molecule has 0 unspecified atom stereocenters. The first-order chi connectivity index (χ1) is 8.40. The van der Waals surface area contributed by atoms with E-state index in [9.17, 15) is 4.79 Å². The molecule has 2 fully saturated rings. The molecule has 0 aliphatic carbocycles. The van der Waals surface area contributed by atoms with Crippen LogP contribution in [0.3, 0.4) is 0 Å². The number of nitrogens with zero attached hydrogens (tertiary/aromatic N) is 1. The molecule has 4 heteroatoms. The minimum absolute atomic E-state index is 0.149. The van der Waals surface area contributed by atoms with Crippen LogP contribution >= 0.6 is 0 Å². The lowest BCUT2D eigenvalue weighted by Gasteiger charge is -2.29. The Morgan fingerprint density at radius 3 is 2.78 bits per heavy atom. The van der Waals surface area contributed by atoms with E-state index in [0.717, 1.165) is 32.6 Å². The Balaban J connectivity index is 1.92. The molecule has 1 spiro atoms. The second kappa shape index (κ2) is 5.08. The molecular weight excluding hydrogens is 228 g/mol. The molecule has 2 aliphatic heterocycles. The standard InChI is InChI=1S/C14H26N2O2/c1-13(2,3)18-12(17)16-9-7-14(11-16)6-4-5-8-15-10-14/h15H,4-11H2,1-3H3/t14-/m1/s1. The first-order valence-corrected chi connectivity index (χ1v) is 7.09. The molecule has 0 saturated carbocycles. The summed E-state index contributed by atoms with van der Waals surface area (Å²) >= 11 is 0. The van der Waals surface area contributed by atoms with E-state index >= 15 is 0 Å². The van der Waals surface area contributed by atoms with Crippen molar-refractivity contribution in [3.8, 4) is 0 Å². The van der Waals surface area contributed by atoms with E-state index in [1.54, 1.807) is 0 Å². The Labute approximate surface area is 110 Å². The van der Waals surface area contributed by atoms with Crippen LogP contribution in [0, 0.1) is 5.41 Å². The second-order valence-electron chi connectivity index (χ2n) is 6.79. The van der Waals surface area contributed by atoms with Crippen molar-refractivity contribution in [2.75, 3.05) is 26.2 Å². The monoisotopic (exact) mass is 254 g/mol. The van der Waals surface area contributed by atoms with E-state index < -0.39 is 5.60 Å². The quantitative estimate of drug-likeness (QED) is 0.721. The van der Waals surface area contributed by atoms with Gasteiger partial charge in [-0.25, -0.2) is 4.79 Å². The highest BCUT2D eigenvalue weighted by Crippen LogP contribution is 2.36. The fourth-order valence-electron chi connectivity index (χ4n) is 2.96. The number of hydrogen-bond acceptors (Lipinski definition) is 3. The van der Waals surface area contributed by atoms with Crippen molar-refractivity contribution in [2.24, 2.45) is 5.41 Å². The minimum Gasteiger partial charge on any atom is -0.444 e. The third-order valence-electron chi connectivity index (χ3n) is 3.90. The number of rotatable bonds is 0. The molecule has 4 nitrogen and oxygen atoms in total. The molecule has 2 aliphatic rings. The Morgan fingerprint density at radius 1 is 1.28 bits per heavy atom. The van der Waals surface area contributed by atoms with Crippen molar-refractivity contribution in [1.82, 2.24) is 10.2 Å². The maximum Gasteiger partial charge on any atom is 0.410 e. The lowest BCUT2D eigenvalue weighted by molar-refractivity contribution is 0.0271. The Hall–Kier alpha value is -0.770. The zero-order valence-electron chi connectivity index (χ0n) is 11.9. The van der Waals surface area contributed by atoms with Gasteiger partial charge < -0.3 is 15.0 Å². The molecule has 0 bridgehead atoms. The Morgan fingerprint density at radius 2 is 2.06 bits per heavy atom. The van der Waals surface area contributed by atoms with Crippen LogP contribution in [-0.2, 0) is 4.74 Å². The van der Waals surface area contributed by atoms with Gasteiger partial charge in [0.15, 0.2) is 0 Å². The van der Waals surface area contributed by atoms with Crippen LogP contribution in [0.2, 0.25) is 0 Å². The van der Waals surface area contributed by atoms with Crippen molar-refractivity contribution >= 4 is 6.09 Å². The van der Waals surface area contributed by atoms with Crippen LogP contribution in [0.5, 0.6) is 0 Å². The van der Waals surface area contributed by atoms with Gasteiger partial charge in [-0.1, -0.05) is 6.42 Å². The van der Waals surface area contributed by atoms with Crippen molar-refractivity contribution in [2.45, 2.75) is 52.1 Å². The molecule has 2 heterocycles. The number of amides is 1. The summed E-state index contributed by atoms with van der Waals surface area (Å²) in [6, 6.07) is 0. The van der Waals surface area contributed by atoms with Crippen molar-refractivity contribution in [3.05, 3.63) is 0 Å². The van der Waals surface area contributed by atoms with E-state index in [-0.39, 0.29) is 6.09 Å². The summed E-state index contributed by atoms with van der Waals surface area (Å²) in [7, 11) is 0. The van der Waals surface area contributed by atoms with Gasteiger partial charge in [0.05, 0.1) is 0 Å². The summed E-state index contributed by atoms with van der Waals surface area (Å²) in [6.45, 7) is 9.63. The molecule has 1 amide bonds. The summed E-state index contributed by atoms with van der Waals surface area (Å²) < 4.78 is 5.45. The molecule has 18 heavy (non-hydrogen) atoms. The van der Waals surface area contributed by atoms with E-state index in [4.69, 9.17) is 4.74 Å². The summed E-state index contributed by atoms with van der Waals surface area (Å²) in [5, 5.41) is 3.51. The van der Waals surface area contributed by atoms with Gasteiger partial charge in [-0.3, -0.25) is 0 Å². The molecule has 104 valence electrons. The Kier molecular flexibility index (Phi) is 3.85. The van der Waals surface area contributed by atoms with Crippen LogP contribution in [0.25, 0.3) is 0 Å². The number of nitrogens with one attached hydrogen (secondary N) is 1. The van der Waals surface area contributed by atoms with Crippen LogP contribution in [0.1, 0.15) is 46.5 Å². The van der Waals surface area contributed by atoms with Crippen LogP contribution in [-0.4, -0.2) is 42.8 Å². The van der Waals surface area contributed by atoms with Crippen molar-refractivity contribution in [3.63, 3.8) is 0 Å². The van der Waals surface area contributed by atoms with E-state index in [1.807, 2.05) is 25.7 Å². The normalized spacial score (nSPS) is 29.4. The SMILES string of the molecule is CC(C)(C)OC(=O)N1CC[C@@]2(CCCCNC2)C1. The highest BCUT2D eigenvalue weighted by molar-refractivity contribution is 5.68. The van der Waals surface area contributed by atoms with Gasteiger partial charge in [0, 0.05) is 25.0 Å². The van der Waals surface area contributed by atoms with E-state index in [0.29, 0.717) is 5.41 Å². The van der Waals surface area contributed by atoms with Crippen molar-refractivity contribution in [1.29, 1.82) is 0 Å². The molecule has 0 aromatic rings. The smallest absolute Gasteiger partial charge is 0.410 e. The largest absolute Gasteiger partial charge is 0.444 e. The van der Waals surface area contributed by atoms with Gasteiger partial charge in [0.1, 0.15) is 5.60 Å². The predicted octanol–water partition coefficient (Wildman–Crippen LogP) is 2.39. The van der Waals surface area contributed by atoms with Gasteiger partial charge in [-0.15, -0.1) is 0 Å². The lowest BCUT2D eigenvalue weighted by Crippen LogP contribution is -2.39. The zero-order chi connectivity index (χ0) is 13.2. The summed E-state index contributed by atoms with van der Waals surface area (Å²) in [6.07, 6.45) is 4.73. The number of likely N-dealkylation sites (tertiary alicyclic amines) is 1. The molecule has 2 saturated heterocycles.